The van der Waals surface area contributed by atoms with Gasteiger partial charge in [0.1, 0.15) is 0 Å². The van der Waals surface area contributed by atoms with Crippen LogP contribution in [-0.4, -0.2) is 27.1 Å². The summed E-state index contributed by atoms with van der Waals surface area (Å²) >= 11 is 6.02. The number of amides is 1. The number of benzene rings is 2. The van der Waals surface area contributed by atoms with E-state index >= 15 is 0 Å². The van der Waals surface area contributed by atoms with Crippen molar-refractivity contribution >= 4 is 38.9 Å². The summed E-state index contributed by atoms with van der Waals surface area (Å²) in [4.78, 5) is 12.1. The summed E-state index contributed by atoms with van der Waals surface area (Å²) in [7, 11) is -3.44. The third-order valence-electron chi connectivity index (χ3n) is 4.16. The van der Waals surface area contributed by atoms with Crippen LogP contribution in [0.5, 0.6) is 0 Å². The van der Waals surface area contributed by atoms with Crippen LogP contribution in [0.3, 0.4) is 0 Å². The number of hydrogen-bond donors (Lipinski definition) is 1. The van der Waals surface area contributed by atoms with E-state index in [9.17, 15) is 13.2 Å². The van der Waals surface area contributed by atoms with Gasteiger partial charge in [-0.25, -0.2) is 8.42 Å². The van der Waals surface area contributed by atoms with E-state index in [1.807, 2.05) is 26.0 Å². The number of hydrogen-bond acceptors (Lipinski definition) is 3. The summed E-state index contributed by atoms with van der Waals surface area (Å²) in [5.74, 6) is -0.201. The summed E-state index contributed by atoms with van der Waals surface area (Å²) in [6, 6.07) is 12.5. The summed E-state index contributed by atoms with van der Waals surface area (Å²) in [6.07, 6.45) is 1.78. The van der Waals surface area contributed by atoms with Crippen LogP contribution in [0.15, 0.2) is 42.5 Å². The maximum absolute atomic E-state index is 12.2. The van der Waals surface area contributed by atoms with Crippen molar-refractivity contribution in [2.45, 2.75) is 26.7 Å². The summed E-state index contributed by atoms with van der Waals surface area (Å²) < 4.78 is 25.8. The molecule has 0 aliphatic heterocycles. The van der Waals surface area contributed by atoms with Crippen molar-refractivity contribution in [3.8, 4) is 0 Å². The van der Waals surface area contributed by atoms with Gasteiger partial charge in [-0.05, 0) is 49.6 Å². The highest BCUT2D eigenvalue weighted by molar-refractivity contribution is 7.92. The molecule has 7 heteroatoms. The molecule has 0 saturated heterocycles. The van der Waals surface area contributed by atoms with Crippen LogP contribution in [0.1, 0.15) is 24.0 Å². The molecule has 0 aromatic heterocycles. The van der Waals surface area contributed by atoms with E-state index in [0.29, 0.717) is 22.8 Å². The van der Waals surface area contributed by atoms with E-state index in [-0.39, 0.29) is 18.9 Å². The van der Waals surface area contributed by atoms with E-state index in [1.54, 1.807) is 30.3 Å². The van der Waals surface area contributed by atoms with Crippen LogP contribution in [0, 0.1) is 13.8 Å². The Balaban J connectivity index is 2.03. The Morgan fingerprint density at radius 3 is 2.46 bits per heavy atom. The van der Waals surface area contributed by atoms with Crippen LogP contribution in [-0.2, 0) is 14.8 Å². The highest BCUT2D eigenvalue weighted by atomic mass is 35.5. The third-order valence-corrected chi connectivity index (χ3v) is 5.67. The van der Waals surface area contributed by atoms with Gasteiger partial charge in [-0.1, -0.05) is 35.9 Å². The molecule has 1 N–H and O–H groups in total. The lowest BCUT2D eigenvalue weighted by Crippen LogP contribution is -2.32. The number of anilines is 2. The molecule has 0 bridgehead atoms. The smallest absolute Gasteiger partial charge is 0.232 e. The Morgan fingerprint density at radius 2 is 1.81 bits per heavy atom. The van der Waals surface area contributed by atoms with Crippen molar-refractivity contribution in [3.63, 3.8) is 0 Å². The van der Waals surface area contributed by atoms with E-state index in [2.05, 4.69) is 5.32 Å². The molecule has 26 heavy (non-hydrogen) atoms. The Labute approximate surface area is 160 Å². The largest absolute Gasteiger partial charge is 0.325 e. The first-order chi connectivity index (χ1) is 12.2. The number of sulfonamides is 1. The molecule has 0 unspecified atom stereocenters. The fraction of sp³-hybridized carbons (Fsp3) is 0.316. The number of carbonyl (C=O) groups is 1. The minimum absolute atomic E-state index is 0.197. The third kappa shape index (κ3) is 5.22. The van der Waals surface area contributed by atoms with E-state index in [0.717, 1.165) is 11.1 Å². The molecule has 140 valence electrons. The maximum atomic E-state index is 12.2. The van der Waals surface area contributed by atoms with Crippen LogP contribution >= 0.6 is 11.6 Å². The Bertz CT molecular complexity index is 897. The predicted octanol–water partition coefficient (Wildman–Crippen LogP) is 4.14. The number of nitrogens with one attached hydrogen (secondary N) is 1. The highest BCUT2D eigenvalue weighted by Crippen LogP contribution is 2.25. The van der Waals surface area contributed by atoms with Gasteiger partial charge in [-0.15, -0.1) is 0 Å². The van der Waals surface area contributed by atoms with Crippen molar-refractivity contribution in [2.24, 2.45) is 0 Å². The molecule has 2 aromatic carbocycles. The van der Waals surface area contributed by atoms with Gasteiger partial charge >= 0.3 is 0 Å². The quantitative estimate of drug-likeness (QED) is 0.767. The minimum Gasteiger partial charge on any atom is -0.325 e. The average molecular weight is 395 g/mol. The number of carbonyl (C=O) groups excluding carboxylic acids is 1. The molecule has 0 atom stereocenters. The van der Waals surface area contributed by atoms with Crippen LogP contribution < -0.4 is 9.62 Å². The lowest BCUT2D eigenvalue weighted by Gasteiger charge is -2.24. The number of aryl methyl sites for hydroxylation is 1. The SMILES string of the molecule is Cc1cccc(N(CCCC(=O)Nc2ccccc2Cl)S(C)(=O)=O)c1C. The molecule has 0 radical (unpaired) electrons. The fourth-order valence-corrected chi connectivity index (χ4v) is 3.83. The summed E-state index contributed by atoms with van der Waals surface area (Å²) in [6.45, 7) is 4.07. The van der Waals surface area contributed by atoms with E-state index in [4.69, 9.17) is 11.6 Å². The second kappa shape index (κ2) is 8.56. The molecule has 0 saturated carbocycles. The number of nitrogens with zero attached hydrogens (tertiary/aromatic N) is 1. The maximum Gasteiger partial charge on any atom is 0.232 e. The normalized spacial score (nSPS) is 11.2. The van der Waals surface area contributed by atoms with Gasteiger partial charge in [0.25, 0.3) is 0 Å². The molecule has 0 fully saturated rings. The van der Waals surface area contributed by atoms with Crippen LogP contribution in [0.25, 0.3) is 0 Å². The average Bonchev–Trinajstić information content (AvgIpc) is 2.56. The second-order valence-corrected chi connectivity index (χ2v) is 8.50. The number of para-hydroxylation sites is 1. The first-order valence-corrected chi connectivity index (χ1v) is 10.5. The summed E-state index contributed by atoms with van der Waals surface area (Å²) in [5, 5.41) is 3.21. The molecule has 5 nitrogen and oxygen atoms in total. The van der Waals surface area contributed by atoms with Crippen LogP contribution in [0.4, 0.5) is 11.4 Å². The van der Waals surface area contributed by atoms with E-state index < -0.39 is 10.0 Å². The molecule has 2 aromatic rings. The van der Waals surface area contributed by atoms with Crippen molar-refractivity contribution in [1.29, 1.82) is 0 Å². The highest BCUT2D eigenvalue weighted by Gasteiger charge is 2.20. The minimum atomic E-state index is -3.44. The van der Waals surface area contributed by atoms with Crippen molar-refractivity contribution in [2.75, 3.05) is 22.4 Å². The molecule has 0 heterocycles. The lowest BCUT2D eigenvalue weighted by atomic mass is 10.1. The molecule has 0 aliphatic rings. The standard InChI is InChI=1S/C19H23ClN2O3S/c1-14-8-6-11-18(15(14)2)22(26(3,24)25)13-7-12-19(23)21-17-10-5-4-9-16(17)20/h4-6,8-11H,7,12-13H2,1-3H3,(H,21,23). The van der Waals surface area contributed by atoms with Gasteiger partial charge < -0.3 is 5.32 Å². The molecule has 1 amide bonds. The van der Waals surface area contributed by atoms with Gasteiger partial charge in [0.2, 0.25) is 15.9 Å². The van der Waals surface area contributed by atoms with Gasteiger partial charge in [-0.3, -0.25) is 9.10 Å². The zero-order chi connectivity index (χ0) is 19.3. The number of halogens is 1. The second-order valence-electron chi connectivity index (χ2n) is 6.19. The zero-order valence-electron chi connectivity index (χ0n) is 15.1. The van der Waals surface area contributed by atoms with Crippen LogP contribution in [0.2, 0.25) is 5.02 Å². The summed E-state index contributed by atoms with van der Waals surface area (Å²) in [5.41, 5.74) is 3.14. The first kappa shape index (κ1) is 20.3. The lowest BCUT2D eigenvalue weighted by molar-refractivity contribution is -0.116. The molecule has 2 rings (SSSR count). The Kier molecular flexibility index (Phi) is 6.67. The monoisotopic (exact) mass is 394 g/mol. The topological polar surface area (TPSA) is 66.5 Å². The van der Waals surface area contributed by atoms with Gasteiger partial charge in [0.15, 0.2) is 0 Å². The molecule has 0 spiro atoms. The Hall–Kier alpha value is -2.05. The van der Waals surface area contributed by atoms with Gasteiger partial charge in [0.05, 0.1) is 22.7 Å². The van der Waals surface area contributed by atoms with Gasteiger partial charge in [0, 0.05) is 13.0 Å². The predicted molar refractivity (Wildman–Crippen MR) is 107 cm³/mol. The first-order valence-electron chi connectivity index (χ1n) is 8.28. The van der Waals surface area contributed by atoms with Crippen molar-refractivity contribution in [1.82, 2.24) is 0 Å². The van der Waals surface area contributed by atoms with E-state index in [1.165, 1.54) is 10.6 Å². The zero-order valence-corrected chi connectivity index (χ0v) is 16.7. The molecular weight excluding hydrogens is 372 g/mol. The molecular formula is C19H23ClN2O3S. The molecule has 0 aliphatic carbocycles. The van der Waals surface area contributed by atoms with Gasteiger partial charge in [-0.2, -0.15) is 0 Å². The number of rotatable bonds is 7. The van der Waals surface area contributed by atoms with Crippen molar-refractivity contribution < 1.29 is 13.2 Å². The Morgan fingerprint density at radius 1 is 1.12 bits per heavy atom. The fourth-order valence-electron chi connectivity index (χ4n) is 2.63. The van der Waals surface area contributed by atoms with Crippen molar-refractivity contribution in [3.05, 3.63) is 58.6 Å².